The number of aryl methyl sites for hydroxylation is 2. The maximum atomic E-state index is 15.0. The van der Waals surface area contributed by atoms with Crippen molar-refractivity contribution in [3.8, 4) is 33.8 Å². The van der Waals surface area contributed by atoms with E-state index in [-0.39, 0.29) is 40.1 Å². The van der Waals surface area contributed by atoms with Crippen LogP contribution in [0.2, 0.25) is 0 Å². The molecule has 1 aliphatic heterocycles. The van der Waals surface area contributed by atoms with Crippen LogP contribution >= 0.6 is 0 Å². The average molecular weight is 558 g/mol. The quantitative estimate of drug-likeness (QED) is 0.283. The zero-order valence-electron chi connectivity index (χ0n) is 22.7. The molecule has 1 fully saturated rings. The number of piperidine rings is 1. The Morgan fingerprint density at radius 1 is 0.854 bits per heavy atom. The van der Waals surface area contributed by atoms with Crippen LogP contribution in [0.15, 0.2) is 48.8 Å². The van der Waals surface area contributed by atoms with Crippen LogP contribution in [0.4, 0.5) is 13.2 Å². The van der Waals surface area contributed by atoms with Gasteiger partial charge in [0.1, 0.15) is 28.7 Å². The number of fused-ring (bicyclic) bond motifs is 1. The number of hydrogen-bond donors (Lipinski definition) is 0. The van der Waals surface area contributed by atoms with Crippen molar-refractivity contribution >= 4 is 17.1 Å². The molecule has 8 nitrogen and oxygen atoms in total. The van der Waals surface area contributed by atoms with Gasteiger partial charge in [0.25, 0.3) is 0 Å². The highest BCUT2D eigenvalue weighted by atomic mass is 19.1. The lowest BCUT2D eigenvalue weighted by Gasteiger charge is -2.27. The van der Waals surface area contributed by atoms with Crippen LogP contribution in [0.3, 0.4) is 0 Å². The number of benzene rings is 2. The molecular formula is C30H26F3N7O. The van der Waals surface area contributed by atoms with E-state index < -0.39 is 17.5 Å². The van der Waals surface area contributed by atoms with Crippen LogP contribution in [0, 0.1) is 37.2 Å². The van der Waals surface area contributed by atoms with Crippen LogP contribution < -0.4 is 0 Å². The van der Waals surface area contributed by atoms with E-state index in [2.05, 4.69) is 29.9 Å². The van der Waals surface area contributed by atoms with Gasteiger partial charge in [-0.2, -0.15) is 5.10 Å². The lowest BCUT2D eigenvalue weighted by atomic mass is 9.96. The molecule has 0 unspecified atom stereocenters. The summed E-state index contributed by atoms with van der Waals surface area (Å²) in [5.41, 5.74) is 3.11. The fourth-order valence-electron chi connectivity index (χ4n) is 5.03. The number of carbonyl (C=O) groups excluding carboxylic acids is 1. The Kier molecular flexibility index (Phi) is 6.82. The molecule has 208 valence electrons. The summed E-state index contributed by atoms with van der Waals surface area (Å²) in [5, 5.41) is 4.26. The second-order valence-electron chi connectivity index (χ2n) is 10.4. The molecule has 3 aromatic heterocycles. The largest absolute Gasteiger partial charge is 0.306 e. The summed E-state index contributed by atoms with van der Waals surface area (Å²) in [6, 6.07) is 7.44. The highest BCUT2D eigenvalue weighted by Crippen LogP contribution is 2.32. The van der Waals surface area contributed by atoms with Gasteiger partial charge in [0.2, 0.25) is 5.91 Å². The summed E-state index contributed by atoms with van der Waals surface area (Å²) in [5.74, 6) is -2.23. The standard InChI is InChI=1S/C30H26F3N7O/c1-16-17(2)36-29-27(35-16)26(24-5-4-22(31)13-25(24)33)37-28(38-29)20-10-19(11-23(32)12-20)21-14-34-40(15-21)30(41)18-6-8-39(3)9-7-18/h4-5,10-15,18H,6-9H2,1-3H3. The van der Waals surface area contributed by atoms with Gasteiger partial charge in [-0.25, -0.2) is 37.8 Å². The van der Waals surface area contributed by atoms with Crippen LogP contribution in [0.5, 0.6) is 0 Å². The van der Waals surface area contributed by atoms with Crippen molar-refractivity contribution in [3.05, 3.63) is 77.6 Å². The molecule has 0 spiro atoms. The first-order chi connectivity index (χ1) is 19.7. The minimum Gasteiger partial charge on any atom is -0.306 e. The Morgan fingerprint density at radius 2 is 1.59 bits per heavy atom. The van der Waals surface area contributed by atoms with E-state index in [1.54, 1.807) is 26.1 Å². The number of rotatable bonds is 4. The van der Waals surface area contributed by atoms with Crippen molar-refractivity contribution in [2.24, 2.45) is 5.92 Å². The average Bonchev–Trinajstić information content (AvgIpc) is 3.44. The van der Waals surface area contributed by atoms with E-state index in [0.717, 1.165) is 38.1 Å². The molecular weight excluding hydrogens is 531 g/mol. The molecule has 4 heterocycles. The Hall–Kier alpha value is -4.51. The van der Waals surface area contributed by atoms with Crippen molar-refractivity contribution in [2.45, 2.75) is 26.7 Å². The molecule has 0 N–H and O–H groups in total. The topological polar surface area (TPSA) is 89.7 Å². The summed E-state index contributed by atoms with van der Waals surface area (Å²) < 4.78 is 44.9. The van der Waals surface area contributed by atoms with Crippen molar-refractivity contribution < 1.29 is 18.0 Å². The van der Waals surface area contributed by atoms with Gasteiger partial charge in [0.05, 0.1) is 17.6 Å². The molecule has 0 aliphatic carbocycles. The van der Waals surface area contributed by atoms with Crippen LogP contribution in [0.1, 0.15) is 29.0 Å². The van der Waals surface area contributed by atoms with E-state index in [1.807, 2.05) is 7.05 Å². The Bertz CT molecular complexity index is 1810. The van der Waals surface area contributed by atoms with Crippen LogP contribution in [0.25, 0.3) is 44.9 Å². The second-order valence-corrected chi connectivity index (χ2v) is 10.4. The van der Waals surface area contributed by atoms with Gasteiger partial charge in [0, 0.05) is 34.9 Å². The first-order valence-electron chi connectivity index (χ1n) is 13.2. The molecule has 1 aliphatic rings. The van der Waals surface area contributed by atoms with Gasteiger partial charge in [-0.05, 0) is 82.7 Å². The Morgan fingerprint density at radius 3 is 2.34 bits per heavy atom. The van der Waals surface area contributed by atoms with E-state index >= 15 is 0 Å². The van der Waals surface area contributed by atoms with Crippen molar-refractivity contribution in [1.82, 2.24) is 34.6 Å². The zero-order valence-corrected chi connectivity index (χ0v) is 22.7. The van der Waals surface area contributed by atoms with Gasteiger partial charge in [-0.15, -0.1) is 0 Å². The fraction of sp³-hybridized carbons (Fsp3) is 0.267. The third-order valence-electron chi connectivity index (χ3n) is 7.49. The summed E-state index contributed by atoms with van der Waals surface area (Å²) in [6.45, 7) is 5.22. The lowest BCUT2D eigenvalue weighted by Crippen LogP contribution is -2.35. The number of aromatic nitrogens is 6. The number of carbonyl (C=O) groups is 1. The minimum atomic E-state index is -0.822. The van der Waals surface area contributed by atoms with E-state index in [4.69, 9.17) is 0 Å². The normalized spacial score (nSPS) is 14.6. The van der Waals surface area contributed by atoms with Gasteiger partial charge in [-0.1, -0.05) is 0 Å². The number of hydrogen-bond acceptors (Lipinski definition) is 7. The molecule has 6 rings (SSSR count). The first kappa shape index (κ1) is 26.7. The molecule has 0 saturated carbocycles. The van der Waals surface area contributed by atoms with Gasteiger partial charge >= 0.3 is 0 Å². The summed E-state index contributed by atoms with van der Waals surface area (Å²) in [7, 11) is 2.03. The smallest absolute Gasteiger partial charge is 0.250 e. The summed E-state index contributed by atoms with van der Waals surface area (Å²) >= 11 is 0. The molecule has 5 aromatic rings. The van der Waals surface area contributed by atoms with Gasteiger partial charge < -0.3 is 4.90 Å². The maximum Gasteiger partial charge on any atom is 0.250 e. The molecule has 1 saturated heterocycles. The van der Waals surface area contributed by atoms with E-state index in [9.17, 15) is 18.0 Å². The highest BCUT2D eigenvalue weighted by Gasteiger charge is 2.25. The lowest BCUT2D eigenvalue weighted by molar-refractivity contribution is 0.0751. The van der Waals surface area contributed by atoms with Crippen molar-refractivity contribution in [3.63, 3.8) is 0 Å². The van der Waals surface area contributed by atoms with E-state index in [1.165, 1.54) is 29.1 Å². The summed E-state index contributed by atoms with van der Waals surface area (Å²) in [6.07, 6.45) is 4.63. The second kappa shape index (κ2) is 10.5. The van der Waals surface area contributed by atoms with Crippen molar-refractivity contribution in [2.75, 3.05) is 20.1 Å². The SMILES string of the molecule is Cc1nc2nc(-c3cc(F)cc(-c4cnn(C(=O)C5CCN(C)CC5)c4)c3)nc(-c3ccc(F)cc3F)c2nc1C. The molecule has 0 atom stereocenters. The molecule has 41 heavy (non-hydrogen) atoms. The number of likely N-dealkylation sites (tertiary alicyclic amines) is 1. The minimum absolute atomic E-state index is 0.0166. The molecule has 0 amide bonds. The van der Waals surface area contributed by atoms with Gasteiger partial charge in [0.15, 0.2) is 11.5 Å². The molecule has 0 bridgehead atoms. The molecule has 11 heteroatoms. The Labute approximate surface area is 233 Å². The van der Waals surface area contributed by atoms with Crippen LogP contribution in [-0.4, -0.2) is 60.7 Å². The fourth-order valence-corrected chi connectivity index (χ4v) is 5.03. The molecule has 2 aromatic carbocycles. The maximum absolute atomic E-state index is 15.0. The van der Waals surface area contributed by atoms with Crippen LogP contribution in [-0.2, 0) is 0 Å². The van der Waals surface area contributed by atoms with Gasteiger partial charge in [-0.3, -0.25) is 4.79 Å². The monoisotopic (exact) mass is 557 g/mol. The highest BCUT2D eigenvalue weighted by molar-refractivity contribution is 5.89. The Balaban J connectivity index is 1.43. The predicted molar refractivity (Wildman–Crippen MR) is 147 cm³/mol. The van der Waals surface area contributed by atoms with Crippen molar-refractivity contribution in [1.29, 1.82) is 0 Å². The summed E-state index contributed by atoms with van der Waals surface area (Å²) in [4.78, 5) is 33.3. The number of nitrogens with zero attached hydrogens (tertiary/aromatic N) is 7. The predicted octanol–water partition coefficient (Wildman–Crippen LogP) is 5.63. The third kappa shape index (κ3) is 5.20. The third-order valence-corrected chi connectivity index (χ3v) is 7.49. The molecule has 0 radical (unpaired) electrons. The number of halogens is 3. The zero-order chi connectivity index (χ0) is 28.8. The first-order valence-corrected chi connectivity index (χ1v) is 13.2. The van der Waals surface area contributed by atoms with E-state index in [0.29, 0.717) is 28.1 Å².